The minimum atomic E-state index is -0.114. The number of thioether (sulfide) groups is 1. The van der Waals surface area contributed by atoms with Crippen LogP contribution in [-0.4, -0.2) is 60.0 Å². The van der Waals surface area contributed by atoms with Crippen LogP contribution in [0.5, 0.6) is 0 Å². The van der Waals surface area contributed by atoms with Crippen molar-refractivity contribution in [3.63, 3.8) is 0 Å². The Balaban J connectivity index is 1.17. The molecule has 1 N–H and O–H groups in total. The molecule has 4 aromatic rings. The van der Waals surface area contributed by atoms with Gasteiger partial charge in [-0.3, -0.25) is 4.79 Å². The summed E-state index contributed by atoms with van der Waals surface area (Å²) in [6, 6.07) is 22.1. The molecule has 0 unspecified atom stereocenters. The van der Waals surface area contributed by atoms with Crippen LogP contribution in [0, 0.1) is 0 Å². The Hall–Kier alpha value is -3.36. The first-order chi connectivity index (χ1) is 16.2. The molecule has 2 heterocycles. The minimum absolute atomic E-state index is 0.114. The number of hydrogen-bond donors (Lipinski definition) is 1. The highest BCUT2D eigenvalue weighted by Gasteiger charge is 2.15. The Bertz CT molecular complexity index is 1240. The van der Waals surface area contributed by atoms with Crippen molar-refractivity contribution >= 4 is 39.8 Å². The van der Waals surface area contributed by atoms with Crippen LogP contribution >= 0.6 is 11.8 Å². The smallest absolute Gasteiger partial charge is 0.277 e. The lowest BCUT2D eigenvalue weighted by Crippen LogP contribution is -2.44. The normalized spacial score (nSPS) is 14.5. The number of amides is 1. The summed E-state index contributed by atoms with van der Waals surface area (Å²) in [6.07, 6.45) is 0. The van der Waals surface area contributed by atoms with Crippen LogP contribution in [0.1, 0.15) is 0 Å². The molecule has 0 atom stereocenters. The number of piperazine rings is 1. The molecule has 1 aromatic heterocycles. The van der Waals surface area contributed by atoms with E-state index in [1.807, 2.05) is 54.6 Å². The molecule has 1 aliphatic rings. The predicted octanol–water partition coefficient (Wildman–Crippen LogP) is 4.37. The van der Waals surface area contributed by atoms with Gasteiger partial charge in [0.2, 0.25) is 11.8 Å². The molecule has 7 nitrogen and oxygen atoms in total. The van der Waals surface area contributed by atoms with E-state index in [1.165, 1.54) is 17.4 Å². The zero-order chi connectivity index (χ0) is 22.6. The van der Waals surface area contributed by atoms with Crippen LogP contribution in [0.4, 0.5) is 11.4 Å². The quantitative estimate of drug-likeness (QED) is 0.429. The largest absolute Gasteiger partial charge is 0.411 e. The number of carbonyl (C=O) groups excluding carboxylic acids is 1. The van der Waals surface area contributed by atoms with Gasteiger partial charge >= 0.3 is 0 Å². The fraction of sp³-hybridized carbons (Fsp3) is 0.240. The Morgan fingerprint density at radius 2 is 1.73 bits per heavy atom. The number of hydrogen-bond acceptors (Lipinski definition) is 7. The summed E-state index contributed by atoms with van der Waals surface area (Å²) in [6.45, 7) is 4.16. The fourth-order valence-corrected chi connectivity index (χ4v) is 4.50. The van der Waals surface area contributed by atoms with Gasteiger partial charge in [0.25, 0.3) is 5.22 Å². The lowest BCUT2D eigenvalue weighted by atomic mass is 10.0. The van der Waals surface area contributed by atoms with Crippen molar-refractivity contribution in [2.45, 2.75) is 5.22 Å². The number of fused-ring (bicyclic) bond motifs is 1. The van der Waals surface area contributed by atoms with E-state index in [-0.39, 0.29) is 11.7 Å². The molecule has 1 amide bonds. The second-order valence-electron chi connectivity index (χ2n) is 8.07. The second kappa shape index (κ2) is 9.64. The van der Waals surface area contributed by atoms with Crippen LogP contribution < -0.4 is 10.2 Å². The Morgan fingerprint density at radius 3 is 2.55 bits per heavy atom. The molecule has 1 aliphatic heterocycles. The molecule has 0 aliphatic carbocycles. The summed E-state index contributed by atoms with van der Waals surface area (Å²) in [4.78, 5) is 17.1. The van der Waals surface area contributed by atoms with E-state index in [0.29, 0.717) is 11.1 Å². The van der Waals surface area contributed by atoms with Crippen molar-refractivity contribution in [1.82, 2.24) is 15.1 Å². The number of nitrogens with zero attached hydrogens (tertiary/aromatic N) is 4. The molecular weight excluding hydrogens is 434 g/mol. The van der Waals surface area contributed by atoms with Gasteiger partial charge in [0, 0.05) is 43.1 Å². The van der Waals surface area contributed by atoms with Gasteiger partial charge in [-0.25, -0.2) is 0 Å². The molecule has 0 saturated carbocycles. The zero-order valence-corrected chi connectivity index (χ0v) is 19.2. The standard InChI is InChI=1S/C25H25N5O2S/c1-29-13-15-30(16-14-29)20-11-9-19(10-12-20)26-23(31)17-33-25-28-27-24(32-25)22-8-4-6-18-5-2-3-7-21(18)22/h2-12H,13-17H2,1H3,(H,26,31). The predicted molar refractivity (Wildman–Crippen MR) is 133 cm³/mol. The van der Waals surface area contributed by atoms with Crippen molar-refractivity contribution in [2.24, 2.45) is 0 Å². The average molecular weight is 460 g/mol. The average Bonchev–Trinajstić information content (AvgIpc) is 3.32. The van der Waals surface area contributed by atoms with Crippen LogP contribution in [0.15, 0.2) is 76.4 Å². The Morgan fingerprint density at radius 1 is 0.970 bits per heavy atom. The maximum absolute atomic E-state index is 12.4. The van der Waals surface area contributed by atoms with E-state index < -0.39 is 0 Å². The van der Waals surface area contributed by atoms with E-state index in [4.69, 9.17) is 4.42 Å². The van der Waals surface area contributed by atoms with Crippen molar-refractivity contribution in [3.05, 3.63) is 66.7 Å². The summed E-state index contributed by atoms with van der Waals surface area (Å²) in [5, 5.41) is 13.8. The van der Waals surface area contributed by atoms with Crippen LogP contribution in [0.3, 0.4) is 0 Å². The lowest BCUT2D eigenvalue weighted by molar-refractivity contribution is -0.113. The summed E-state index contributed by atoms with van der Waals surface area (Å²) in [7, 11) is 2.15. The van der Waals surface area contributed by atoms with E-state index >= 15 is 0 Å². The lowest BCUT2D eigenvalue weighted by Gasteiger charge is -2.34. The molecule has 168 valence electrons. The van der Waals surface area contributed by atoms with Crippen molar-refractivity contribution in [1.29, 1.82) is 0 Å². The number of rotatable bonds is 6. The molecule has 0 radical (unpaired) electrons. The van der Waals surface area contributed by atoms with Gasteiger partial charge in [-0.1, -0.05) is 48.2 Å². The third-order valence-electron chi connectivity index (χ3n) is 5.77. The monoisotopic (exact) mass is 459 g/mol. The van der Waals surface area contributed by atoms with Crippen LogP contribution in [0.25, 0.3) is 22.2 Å². The van der Waals surface area contributed by atoms with Gasteiger partial charge in [0.15, 0.2) is 0 Å². The fourth-order valence-electron chi connectivity index (χ4n) is 3.93. The van der Waals surface area contributed by atoms with Gasteiger partial charge in [-0.15, -0.1) is 10.2 Å². The molecule has 3 aromatic carbocycles. The highest BCUT2D eigenvalue weighted by molar-refractivity contribution is 7.99. The van der Waals surface area contributed by atoms with Crippen LogP contribution in [-0.2, 0) is 4.79 Å². The Labute approximate surface area is 196 Å². The van der Waals surface area contributed by atoms with Gasteiger partial charge < -0.3 is 19.5 Å². The summed E-state index contributed by atoms with van der Waals surface area (Å²) >= 11 is 1.23. The maximum Gasteiger partial charge on any atom is 0.277 e. The molecule has 0 spiro atoms. The van der Waals surface area contributed by atoms with Crippen molar-refractivity contribution in [2.75, 3.05) is 49.2 Å². The minimum Gasteiger partial charge on any atom is -0.411 e. The summed E-state index contributed by atoms with van der Waals surface area (Å²) < 4.78 is 5.82. The highest BCUT2D eigenvalue weighted by atomic mass is 32.2. The number of carbonyl (C=O) groups is 1. The van der Waals surface area contributed by atoms with Gasteiger partial charge in [-0.05, 0) is 48.2 Å². The van der Waals surface area contributed by atoms with E-state index in [2.05, 4.69) is 44.5 Å². The SMILES string of the molecule is CN1CCN(c2ccc(NC(=O)CSc3nnc(-c4cccc5ccccc45)o3)cc2)CC1. The zero-order valence-electron chi connectivity index (χ0n) is 18.4. The van der Waals surface area contributed by atoms with Crippen LogP contribution in [0.2, 0.25) is 0 Å². The van der Waals surface area contributed by atoms with E-state index in [9.17, 15) is 4.79 Å². The number of anilines is 2. The third-order valence-corrected chi connectivity index (χ3v) is 6.59. The molecular formula is C25H25N5O2S. The molecule has 5 rings (SSSR count). The molecule has 1 saturated heterocycles. The van der Waals surface area contributed by atoms with E-state index in [0.717, 1.165) is 48.2 Å². The number of benzene rings is 3. The first-order valence-corrected chi connectivity index (χ1v) is 11.9. The van der Waals surface area contributed by atoms with Crippen molar-refractivity contribution < 1.29 is 9.21 Å². The number of nitrogens with one attached hydrogen (secondary N) is 1. The van der Waals surface area contributed by atoms with Crippen molar-refractivity contribution in [3.8, 4) is 11.5 Å². The topological polar surface area (TPSA) is 74.5 Å². The summed E-state index contributed by atoms with van der Waals surface area (Å²) in [5.74, 6) is 0.531. The molecule has 33 heavy (non-hydrogen) atoms. The maximum atomic E-state index is 12.4. The van der Waals surface area contributed by atoms with Gasteiger partial charge in [0.05, 0.1) is 5.75 Å². The molecule has 8 heteroatoms. The second-order valence-corrected chi connectivity index (χ2v) is 9.00. The molecule has 0 bridgehead atoms. The third kappa shape index (κ3) is 5.02. The summed E-state index contributed by atoms with van der Waals surface area (Å²) in [5.41, 5.74) is 2.85. The van der Waals surface area contributed by atoms with Gasteiger partial charge in [-0.2, -0.15) is 0 Å². The Kier molecular flexibility index (Phi) is 6.28. The van der Waals surface area contributed by atoms with E-state index in [1.54, 1.807) is 0 Å². The molecule has 1 fully saturated rings. The first kappa shape index (κ1) is 21.5. The first-order valence-electron chi connectivity index (χ1n) is 10.9. The highest BCUT2D eigenvalue weighted by Crippen LogP contribution is 2.29. The van der Waals surface area contributed by atoms with Gasteiger partial charge in [0.1, 0.15) is 0 Å². The number of aromatic nitrogens is 2. The number of likely N-dealkylation sites (N-methyl/N-ethyl adjacent to an activating group) is 1.